The van der Waals surface area contributed by atoms with Crippen molar-refractivity contribution in [2.45, 2.75) is 30.2 Å². The molecule has 1 N–H and O–H groups in total. The summed E-state index contributed by atoms with van der Waals surface area (Å²) in [5.41, 5.74) is 0. The minimum atomic E-state index is -3.45. The molecule has 1 aliphatic carbocycles. The number of nitrogens with zero attached hydrogens (tertiary/aromatic N) is 1. The Morgan fingerprint density at radius 1 is 1.24 bits per heavy atom. The summed E-state index contributed by atoms with van der Waals surface area (Å²) < 4.78 is 26.2. The van der Waals surface area contributed by atoms with Gasteiger partial charge in [-0.2, -0.15) is 4.31 Å². The Bertz CT molecular complexity index is 454. The molecule has 5 heteroatoms. The van der Waals surface area contributed by atoms with Gasteiger partial charge in [-0.1, -0.05) is 24.6 Å². The minimum absolute atomic E-state index is 0.0624. The molecule has 0 aliphatic heterocycles. The summed E-state index contributed by atoms with van der Waals surface area (Å²) in [6.07, 6.45) is 2.86. The predicted molar refractivity (Wildman–Crippen MR) is 65.1 cm³/mol. The Kier molecular flexibility index (Phi) is 3.81. The molecule has 4 nitrogen and oxygen atoms in total. The lowest BCUT2D eigenvalue weighted by Gasteiger charge is -2.36. The molecule has 0 unspecified atom stereocenters. The fourth-order valence-electron chi connectivity index (χ4n) is 2.00. The molecule has 0 spiro atoms. The lowest BCUT2D eigenvalue weighted by Crippen LogP contribution is -2.45. The van der Waals surface area contributed by atoms with E-state index in [0.717, 1.165) is 19.3 Å². The smallest absolute Gasteiger partial charge is 0.243 e. The maximum atomic E-state index is 12.4. The van der Waals surface area contributed by atoms with Crippen LogP contribution in [-0.4, -0.2) is 37.0 Å². The highest BCUT2D eigenvalue weighted by atomic mass is 32.2. The summed E-state index contributed by atoms with van der Waals surface area (Å²) in [5.74, 6) is 0. The summed E-state index contributed by atoms with van der Waals surface area (Å²) >= 11 is 0. The normalized spacial score (nSPS) is 17.1. The second kappa shape index (κ2) is 5.16. The van der Waals surface area contributed by atoms with E-state index in [1.807, 2.05) is 0 Å². The van der Waals surface area contributed by atoms with Crippen LogP contribution in [0.4, 0.5) is 0 Å². The van der Waals surface area contributed by atoms with Gasteiger partial charge in [0.1, 0.15) is 0 Å². The first-order valence-electron chi connectivity index (χ1n) is 5.84. The monoisotopic (exact) mass is 255 g/mol. The first kappa shape index (κ1) is 12.5. The molecule has 0 radical (unpaired) electrons. The van der Waals surface area contributed by atoms with Gasteiger partial charge < -0.3 is 5.11 Å². The quantitative estimate of drug-likeness (QED) is 0.860. The van der Waals surface area contributed by atoms with Gasteiger partial charge in [-0.3, -0.25) is 0 Å². The highest BCUT2D eigenvalue weighted by Gasteiger charge is 2.34. The third-order valence-electron chi connectivity index (χ3n) is 3.15. The number of aliphatic hydroxyl groups is 1. The molecule has 0 saturated heterocycles. The van der Waals surface area contributed by atoms with Gasteiger partial charge in [0.25, 0.3) is 0 Å². The van der Waals surface area contributed by atoms with Crippen molar-refractivity contribution in [3.8, 4) is 0 Å². The molecule has 0 amide bonds. The number of sulfonamides is 1. The molecule has 0 aromatic heterocycles. The molecule has 1 aliphatic rings. The van der Waals surface area contributed by atoms with E-state index in [9.17, 15) is 8.42 Å². The fraction of sp³-hybridized carbons (Fsp3) is 0.500. The second-order valence-electron chi connectivity index (χ2n) is 4.24. The van der Waals surface area contributed by atoms with E-state index in [1.165, 1.54) is 4.31 Å². The Morgan fingerprint density at radius 2 is 1.88 bits per heavy atom. The summed E-state index contributed by atoms with van der Waals surface area (Å²) in [7, 11) is -3.45. The van der Waals surface area contributed by atoms with Crippen molar-refractivity contribution < 1.29 is 13.5 Å². The SMILES string of the molecule is O=S(=O)(c1ccccc1)N(CCO)C1CCC1. The van der Waals surface area contributed by atoms with E-state index in [4.69, 9.17) is 5.11 Å². The Hall–Kier alpha value is -0.910. The molecule has 2 rings (SSSR count). The standard InChI is InChI=1S/C12H17NO3S/c14-10-9-13(11-5-4-6-11)17(15,16)12-7-2-1-3-8-12/h1-3,7-8,11,14H,4-6,9-10H2. The zero-order valence-electron chi connectivity index (χ0n) is 9.62. The molecule has 0 bridgehead atoms. The van der Waals surface area contributed by atoms with Crippen LogP contribution in [0, 0.1) is 0 Å². The summed E-state index contributed by atoms with van der Waals surface area (Å²) in [5, 5.41) is 9.01. The molecule has 1 fully saturated rings. The molecule has 1 aromatic carbocycles. The summed E-state index contributed by atoms with van der Waals surface area (Å²) in [4.78, 5) is 0.306. The van der Waals surface area contributed by atoms with Crippen LogP contribution >= 0.6 is 0 Å². The number of benzene rings is 1. The zero-order chi connectivity index (χ0) is 12.3. The molecule has 0 atom stereocenters. The number of hydrogen-bond donors (Lipinski definition) is 1. The van der Waals surface area contributed by atoms with Crippen molar-refractivity contribution in [2.75, 3.05) is 13.2 Å². The Morgan fingerprint density at radius 3 is 2.35 bits per heavy atom. The maximum Gasteiger partial charge on any atom is 0.243 e. The second-order valence-corrected chi connectivity index (χ2v) is 6.13. The van der Waals surface area contributed by atoms with Crippen LogP contribution in [0.1, 0.15) is 19.3 Å². The fourth-order valence-corrected chi connectivity index (χ4v) is 3.70. The van der Waals surface area contributed by atoms with Crippen molar-refractivity contribution in [3.05, 3.63) is 30.3 Å². The molecule has 1 aromatic rings. The number of aliphatic hydroxyl groups excluding tert-OH is 1. The third kappa shape index (κ3) is 2.51. The van der Waals surface area contributed by atoms with Crippen LogP contribution in [0.5, 0.6) is 0 Å². The van der Waals surface area contributed by atoms with Crippen LogP contribution in [0.15, 0.2) is 35.2 Å². The Labute approximate surface area is 102 Å². The highest BCUT2D eigenvalue weighted by molar-refractivity contribution is 7.89. The van der Waals surface area contributed by atoms with Crippen LogP contribution in [-0.2, 0) is 10.0 Å². The van der Waals surface area contributed by atoms with Crippen LogP contribution in [0.3, 0.4) is 0 Å². The van der Waals surface area contributed by atoms with E-state index in [1.54, 1.807) is 30.3 Å². The molecule has 17 heavy (non-hydrogen) atoms. The van der Waals surface area contributed by atoms with Gasteiger partial charge in [0, 0.05) is 12.6 Å². The predicted octanol–water partition coefficient (Wildman–Crippen LogP) is 1.22. The van der Waals surface area contributed by atoms with E-state index in [0.29, 0.717) is 4.90 Å². The van der Waals surface area contributed by atoms with E-state index in [-0.39, 0.29) is 19.2 Å². The Balaban J connectivity index is 2.28. The molecular weight excluding hydrogens is 238 g/mol. The van der Waals surface area contributed by atoms with Gasteiger partial charge in [0.15, 0.2) is 0 Å². The van der Waals surface area contributed by atoms with Crippen molar-refractivity contribution >= 4 is 10.0 Å². The van der Waals surface area contributed by atoms with E-state index >= 15 is 0 Å². The molecular formula is C12H17NO3S. The minimum Gasteiger partial charge on any atom is -0.395 e. The van der Waals surface area contributed by atoms with E-state index in [2.05, 4.69) is 0 Å². The topological polar surface area (TPSA) is 57.6 Å². The van der Waals surface area contributed by atoms with Crippen LogP contribution in [0.25, 0.3) is 0 Å². The first-order valence-corrected chi connectivity index (χ1v) is 7.28. The van der Waals surface area contributed by atoms with Crippen molar-refractivity contribution in [2.24, 2.45) is 0 Å². The largest absolute Gasteiger partial charge is 0.395 e. The molecule has 0 heterocycles. The van der Waals surface area contributed by atoms with Gasteiger partial charge in [-0.15, -0.1) is 0 Å². The van der Waals surface area contributed by atoms with Gasteiger partial charge in [-0.25, -0.2) is 8.42 Å². The molecule has 1 saturated carbocycles. The lowest BCUT2D eigenvalue weighted by molar-refractivity contribution is 0.178. The first-order chi connectivity index (χ1) is 8.16. The zero-order valence-corrected chi connectivity index (χ0v) is 10.4. The van der Waals surface area contributed by atoms with Crippen molar-refractivity contribution in [1.29, 1.82) is 0 Å². The van der Waals surface area contributed by atoms with Crippen molar-refractivity contribution in [1.82, 2.24) is 4.31 Å². The molecule has 94 valence electrons. The van der Waals surface area contributed by atoms with E-state index < -0.39 is 10.0 Å². The van der Waals surface area contributed by atoms with Gasteiger partial charge in [-0.05, 0) is 25.0 Å². The average Bonchev–Trinajstić information content (AvgIpc) is 2.27. The van der Waals surface area contributed by atoms with Gasteiger partial charge >= 0.3 is 0 Å². The van der Waals surface area contributed by atoms with Gasteiger partial charge in [0.05, 0.1) is 11.5 Å². The van der Waals surface area contributed by atoms with Gasteiger partial charge in [0.2, 0.25) is 10.0 Å². The third-order valence-corrected chi connectivity index (χ3v) is 5.12. The number of hydrogen-bond acceptors (Lipinski definition) is 3. The van der Waals surface area contributed by atoms with Crippen LogP contribution < -0.4 is 0 Å². The highest BCUT2D eigenvalue weighted by Crippen LogP contribution is 2.29. The summed E-state index contributed by atoms with van der Waals surface area (Å²) in [6, 6.07) is 8.47. The van der Waals surface area contributed by atoms with Crippen LogP contribution in [0.2, 0.25) is 0 Å². The number of rotatable bonds is 5. The average molecular weight is 255 g/mol. The lowest BCUT2D eigenvalue weighted by atomic mass is 9.93. The maximum absolute atomic E-state index is 12.4. The van der Waals surface area contributed by atoms with Crippen molar-refractivity contribution in [3.63, 3.8) is 0 Å². The summed E-state index contributed by atoms with van der Waals surface area (Å²) in [6.45, 7) is 0.0461.